The first-order valence-corrected chi connectivity index (χ1v) is 5.18. The summed E-state index contributed by atoms with van der Waals surface area (Å²) < 4.78 is 27.6. The fraction of sp³-hybridized carbons (Fsp3) is 0.167. The van der Waals surface area contributed by atoms with Gasteiger partial charge in [0.1, 0.15) is 17.2 Å². The quantitative estimate of drug-likeness (QED) is 0.911. The predicted molar refractivity (Wildman–Crippen MR) is 59.4 cm³/mol. The van der Waals surface area contributed by atoms with E-state index in [0.29, 0.717) is 5.69 Å². The number of carboxylic acid groups (broad SMARTS) is 1. The molecule has 4 nitrogen and oxygen atoms in total. The fourth-order valence-corrected chi connectivity index (χ4v) is 1.65. The summed E-state index contributed by atoms with van der Waals surface area (Å²) >= 11 is 0. The van der Waals surface area contributed by atoms with Crippen molar-refractivity contribution in [1.29, 1.82) is 0 Å². The van der Waals surface area contributed by atoms with Crippen LogP contribution in [0.1, 0.15) is 21.6 Å². The summed E-state index contributed by atoms with van der Waals surface area (Å²) in [5.74, 6) is -2.20. The van der Waals surface area contributed by atoms with E-state index in [9.17, 15) is 13.6 Å². The number of carboxylic acids is 1. The van der Waals surface area contributed by atoms with Crippen LogP contribution in [0, 0.1) is 18.6 Å². The summed E-state index contributed by atoms with van der Waals surface area (Å²) in [7, 11) is 0. The van der Waals surface area contributed by atoms with Crippen molar-refractivity contribution in [3.63, 3.8) is 0 Å². The molecule has 0 radical (unpaired) electrons. The zero-order chi connectivity index (χ0) is 13.3. The summed E-state index contributed by atoms with van der Waals surface area (Å²) in [6.07, 6.45) is 1.29. The number of halogens is 2. The van der Waals surface area contributed by atoms with Crippen LogP contribution in [0.25, 0.3) is 0 Å². The Hall–Kier alpha value is -2.24. The molecule has 0 amide bonds. The number of benzene rings is 1. The van der Waals surface area contributed by atoms with E-state index in [2.05, 4.69) is 5.10 Å². The molecule has 1 N–H and O–H groups in total. The van der Waals surface area contributed by atoms with Crippen LogP contribution in [0.4, 0.5) is 8.78 Å². The first kappa shape index (κ1) is 12.2. The number of aromatic nitrogens is 2. The molecule has 0 saturated carbocycles. The average molecular weight is 252 g/mol. The van der Waals surface area contributed by atoms with Gasteiger partial charge in [0, 0.05) is 11.8 Å². The molecule has 2 aromatic rings. The van der Waals surface area contributed by atoms with Crippen molar-refractivity contribution in [3.8, 4) is 0 Å². The van der Waals surface area contributed by atoms with Crippen molar-refractivity contribution in [2.24, 2.45) is 0 Å². The lowest BCUT2D eigenvalue weighted by molar-refractivity contribution is 0.0696. The normalized spacial score (nSPS) is 10.6. The molecule has 0 fully saturated rings. The summed E-state index contributed by atoms with van der Waals surface area (Å²) in [4.78, 5) is 10.8. The second-order valence-corrected chi connectivity index (χ2v) is 3.87. The first-order chi connectivity index (χ1) is 8.47. The van der Waals surface area contributed by atoms with E-state index in [1.54, 1.807) is 6.92 Å². The van der Waals surface area contributed by atoms with Gasteiger partial charge in [0.2, 0.25) is 0 Å². The maximum absolute atomic E-state index is 13.4. The standard InChI is InChI=1S/C12H10F2N2O2/c1-7-10(12(17)18)6-16(15-7)5-8-4-9(13)2-3-11(8)14/h2-4,6H,5H2,1H3,(H,17,18). The van der Waals surface area contributed by atoms with Crippen molar-refractivity contribution >= 4 is 5.97 Å². The van der Waals surface area contributed by atoms with Gasteiger partial charge in [-0.2, -0.15) is 5.10 Å². The molecule has 1 aromatic carbocycles. The van der Waals surface area contributed by atoms with Crippen molar-refractivity contribution in [3.05, 3.63) is 52.9 Å². The molecule has 0 atom stereocenters. The monoisotopic (exact) mass is 252 g/mol. The molecule has 0 bridgehead atoms. The van der Waals surface area contributed by atoms with Crippen LogP contribution in [-0.2, 0) is 6.54 Å². The van der Waals surface area contributed by atoms with Gasteiger partial charge in [-0.3, -0.25) is 4.68 Å². The lowest BCUT2D eigenvalue weighted by Gasteiger charge is -2.03. The zero-order valence-electron chi connectivity index (χ0n) is 9.52. The highest BCUT2D eigenvalue weighted by molar-refractivity contribution is 5.88. The van der Waals surface area contributed by atoms with Crippen LogP contribution in [0.15, 0.2) is 24.4 Å². The molecule has 0 spiro atoms. The minimum atomic E-state index is -1.10. The molecule has 0 saturated heterocycles. The van der Waals surface area contributed by atoms with Crippen LogP contribution in [0.2, 0.25) is 0 Å². The second-order valence-electron chi connectivity index (χ2n) is 3.87. The van der Waals surface area contributed by atoms with Crippen molar-refractivity contribution < 1.29 is 18.7 Å². The first-order valence-electron chi connectivity index (χ1n) is 5.18. The van der Waals surface area contributed by atoms with E-state index >= 15 is 0 Å². The van der Waals surface area contributed by atoms with Gasteiger partial charge in [-0.1, -0.05) is 0 Å². The smallest absolute Gasteiger partial charge is 0.339 e. The Labute approximate surface area is 101 Å². The van der Waals surface area contributed by atoms with E-state index in [0.717, 1.165) is 18.2 Å². The van der Waals surface area contributed by atoms with Crippen LogP contribution in [-0.4, -0.2) is 20.9 Å². The summed E-state index contributed by atoms with van der Waals surface area (Å²) in [6, 6.07) is 3.11. The molecule has 94 valence electrons. The molecule has 2 rings (SSSR count). The predicted octanol–water partition coefficient (Wildman–Crippen LogP) is 2.22. The summed E-state index contributed by atoms with van der Waals surface area (Å²) in [5.41, 5.74) is 0.501. The average Bonchev–Trinajstić information content (AvgIpc) is 2.65. The Morgan fingerprint density at radius 3 is 2.78 bits per heavy atom. The molecule has 0 aliphatic carbocycles. The molecule has 0 aliphatic heterocycles. The minimum absolute atomic E-state index is 0.0162. The number of carbonyl (C=O) groups is 1. The van der Waals surface area contributed by atoms with Crippen molar-refractivity contribution in [1.82, 2.24) is 9.78 Å². The van der Waals surface area contributed by atoms with E-state index in [1.165, 1.54) is 10.9 Å². The van der Waals surface area contributed by atoms with Gasteiger partial charge in [-0.05, 0) is 25.1 Å². The topological polar surface area (TPSA) is 55.1 Å². The van der Waals surface area contributed by atoms with Crippen LogP contribution >= 0.6 is 0 Å². The number of rotatable bonds is 3. The van der Waals surface area contributed by atoms with Crippen LogP contribution < -0.4 is 0 Å². The third kappa shape index (κ3) is 2.37. The number of aryl methyl sites for hydroxylation is 1. The fourth-order valence-electron chi connectivity index (χ4n) is 1.65. The van der Waals surface area contributed by atoms with Crippen molar-refractivity contribution in [2.45, 2.75) is 13.5 Å². The molecular weight excluding hydrogens is 242 g/mol. The largest absolute Gasteiger partial charge is 0.478 e. The van der Waals surface area contributed by atoms with Gasteiger partial charge in [-0.25, -0.2) is 13.6 Å². The lowest BCUT2D eigenvalue weighted by atomic mass is 10.2. The van der Waals surface area contributed by atoms with Gasteiger partial charge >= 0.3 is 5.97 Å². The van der Waals surface area contributed by atoms with Gasteiger partial charge in [-0.15, -0.1) is 0 Å². The highest BCUT2D eigenvalue weighted by atomic mass is 19.1. The van der Waals surface area contributed by atoms with Crippen molar-refractivity contribution in [2.75, 3.05) is 0 Å². The highest BCUT2D eigenvalue weighted by Crippen LogP contribution is 2.13. The van der Waals surface area contributed by atoms with E-state index in [-0.39, 0.29) is 17.7 Å². The molecule has 0 aliphatic rings. The molecule has 1 heterocycles. The summed E-state index contributed by atoms with van der Waals surface area (Å²) in [5, 5.41) is 12.8. The van der Waals surface area contributed by atoms with E-state index in [4.69, 9.17) is 5.11 Å². The minimum Gasteiger partial charge on any atom is -0.478 e. The Morgan fingerprint density at radius 1 is 1.44 bits per heavy atom. The highest BCUT2D eigenvalue weighted by Gasteiger charge is 2.13. The Bertz CT molecular complexity index is 608. The maximum Gasteiger partial charge on any atom is 0.339 e. The number of hydrogen-bond acceptors (Lipinski definition) is 2. The van der Waals surface area contributed by atoms with Gasteiger partial charge in [0.05, 0.1) is 12.2 Å². The van der Waals surface area contributed by atoms with Crippen LogP contribution in [0.5, 0.6) is 0 Å². The Kier molecular flexibility index (Phi) is 3.10. The number of aromatic carboxylic acids is 1. The molecule has 0 unspecified atom stereocenters. The SMILES string of the molecule is Cc1nn(Cc2cc(F)ccc2F)cc1C(=O)O. The molecule has 6 heteroatoms. The van der Waals surface area contributed by atoms with Crippen LogP contribution in [0.3, 0.4) is 0 Å². The summed E-state index contributed by atoms with van der Waals surface area (Å²) in [6.45, 7) is 1.53. The van der Waals surface area contributed by atoms with Gasteiger partial charge in [0.15, 0.2) is 0 Å². The third-order valence-corrected chi connectivity index (χ3v) is 2.52. The van der Waals surface area contributed by atoms with Gasteiger partial charge < -0.3 is 5.11 Å². The second kappa shape index (κ2) is 4.56. The molecular formula is C12H10F2N2O2. The Morgan fingerprint density at radius 2 is 2.17 bits per heavy atom. The lowest BCUT2D eigenvalue weighted by Crippen LogP contribution is -2.03. The third-order valence-electron chi connectivity index (χ3n) is 2.52. The molecule has 18 heavy (non-hydrogen) atoms. The van der Waals surface area contributed by atoms with E-state index < -0.39 is 17.6 Å². The maximum atomic E-state index is 13.4. The number of nitrogens with zero attached hydrogens (tertiary/aromatic N) is 2. The Balaban J connectivity index is 2.31. The van der Waals surface area contributed by atoms with Gasteiger partial charge in [0.25, 0.3) is 0 Å². The number of hydrogen-bond donors (Lipinski definition) is 1. The van der Waals surface area contributed by atoms with E-state index in [1.807, 2.05) is 0 Å². The molecule has 1 aromatic heterocycles. The zero-order valence-corrected chi connectivity index (χ0v) is 9.52.